The predicted octanol–water partition coefficient (Wildman–Crippen LogP) is 3.21. The van der Waals surface area contributed by atoms with Crippen molar-refractivity contribution in [2.45, 2.75) is 64.2 Å². The molecule has 0 spiro atoms. The third-order valence-electron chi connectivity index (χ3n) is 5.40. The fourth-order valence-corrected chi connectivity index (χ4v) is 4.98. The molecule has 24 heavy (non-hydrogen) atoms. The zero-order chi connectivity index (χ0) is 16.7. The lowest BCUT2D eigenvalue weighted by Crippen LogP contribution is -2.40. The van der Waals surface area contributed by atoms with Crippen molar-refractivity contribution in [2.75, 3.05) is 13.1 Å². The molecule has 1 aliphatic heterocycles. The summed E-state index contributed by atoms with van der Waals surface area (Å²) in [7, 11) is 0. The van der Waals surface area contributed by atoms with Gasteiger partial charge in [0.1, 0.15) is 5.01 Å². The summed E-state index contributed by atoms with van der Waals surface area (Å²) in [5, 5.41) is 14.8. The number of hydrogen-bond acceptors (Lipinski definition) is 5. The molecule has 3 heterocycles. The number of amides is 1. The Morgan fingerprint density at radius 1 is 1.08 bits per heavy atom. The third-order valence-corrected chi connectivity index (χ3v) is 6.46. The minimum absolute atomic E-state index is 0.0877. The lowest BCUT2D eigenvalue weighted by atomic mass is 9.97. The van der Waals surface area contributed by atoms with Crippen LogP contribution in [0.1, 0.15) is 75.0 Å². The van der Waals surface area contributed by atoms with Gasteiger partial charge < -0.3 is 4.90 Å². The molecule has 4 rings (SSSR count). The van der Waals surface area contributed by atoms with Crippen molar-refractivity contribution in [3.05, 3.63) is 10.8 Å². The van der Waals surface area contributed by atoms with Gasteiger partial charge in [-0.1, -0.05) is 38.0 Å². The van der Waals surface area contributed by atoms with E-state index >= 15 is 0 Å². The topological polar surface area (TPSA) is 63.4 Å². The van der Waals surface area contributed by atoms with Crippen LogP contribution in [0.4, 0.5) is 0 Å². The van der Waals surface area contributed by atoms with E-state index in [4.69, 9.17) is 5.10 Å². The van der Waals surface area contributed by atoms with Gasteiger partial charge in [0.05, 0.1) is 0 Å². The Morgan fingerprint density at radius 3 is 2.46 bits per heavy atom. The molecule has 1 saturated heterocycles. The van der Waals surface area contributed by atoms with Crippen LogP contribution in [0, 0.1) is 5.92 Å². The fourth-order valence-electron chi connectivity index (χ4n) is 3.96. The summed E-state index contributed by atoms with van der Waals surface area (Å²) in [6.45, 7) is 5.64. The van der Waals surface area contributed by atoms with Crippen LogP contribution < -0.4 is 0 Å². The number of piperidine rings is 1. The second-order valence-corrected chi connectivity index (χ2v) is 8.42. The molecule has 7 heteroatoms. The zero-order valence-electron chi connectivity index (χ0n) is 14.4. The molecule has 1 aliphatic carbocycles. The Balaban J connectivity index is 1.48. The molecule has 130 valence electrons. The number of rotatable bonds is 3. The molecule has 2 aromatic rings. The normalized spacial score (nSPS) is 20.5. The number of carbonyl (C=O) groups excluding carboxylic acids is 1. The van der Waals surface area contributed by atoms with Gasteiger partial charge in [-0.05, 0) is 25.7 Å². The highest BCUT2D eigenvalue weighted by atomic mass is 32.1. The quantitative estimate of drug-likeness (QED) is 0.855. The molecule has 0 radical (unpaired) electrons. The van der Waals surface area contributed by atoms with Gasteiger partial charge in [0.15, 0.2) is 5.82 Å². The van der Waals surface area contributed by atoms with E-state index in [1.807, 2.05) is 23.3 Å². The van der Waals surface area contributed by atoms with E-state index in [1.54, 1.807) is 11.3 Å². The summed E-state index contributed by atoms with van der Waals surface area (Å²) in [5.74, 6) is 2.39. The molecule has 1 saturated carbocycles. The summed E-state index contributed by atoms with van der Waals surface area (Å²) in [6, 6.07) is 0. The van der Waals surface area contributed by atoms with Crippen molar-refractivity contribution >= 4 is 22.2 Å². The first-order chi connectivity index (χ1) is 11.6. The Bertz CT molecular complexity index is 722. The van der Waals surface area contributed by atoms with Gasteiger partial charge >= 0.3 is 0 Å². The molecule has 0 N–H and O–H groups in total. The molecular formula is C17H25N5OS. The summed E-state index contributed by atoms with van der Waals surface area (Å²) >= 11 is 1.67. The highest BCUT2D eigenvalue weighted by molar-refractivity contribution is 7.16. The van der Waals surface area contributed by atoms with E-state index < -0.39 is 0 Å². The van der Waals surface area contributed by atoms with Crippen LogP contribution in [0.3, 0.4) is 0 Å². The lowest BCUT2D eigenvalue weighted by Gasteiger charge is -2.32. The van der Waals surface area contributed by atoms with Crippen LogP contribution >= 0.6 is 11.3 Å². The molecule has 0 atom stereocenters. The Morgan fingerprint density at radius 2 is 1.79 bits per heavy atom. The first-order valence-electron chi connectivity index (χ1n) is 9.14. The number of likely N-dealkylation sites (tertiary alicyclic amines) is 1. The average Bonchev–Trinajstić information content (AvgIpc) is 3.30. The van der Waals surface area contributed by atoms with Crippen LogP contribution in [-0.2, 0) is 4.79 Å². The van der Waals surface area contributed by atoms with Crippen LogP contribution in [-0.4, -0.2) is 43.7 Å². The number of hydrogen-bond donors (Lipinski definition) is 0. The van der Waals surface area contributed by atoms with E-state index in [0.29, 0.717) is 11.8 Å². The van der Waals surface area contributed by atoms with Gasteiger partial charge in [0.2, 0.25) is 10.9 Å². The number of fused-ring (bicyclic) bond motifs is 1. The highest BCUT2D eigenvalue weighted by Crippen LogP contribution is 2.36. The maximum absolute atomic E-state index is 12.1. The molecule has 0 unspecified atom stereocenters. The zero-order valence-corrected chi connectivity index (χ0v) is 15.3. The van der Waals surface area contributed by atoms with E-state index in [9.17, 15) is 4.79 Å². The van der Waals surface area contributed by atoms with E-state index in [1.165, 1.54) is 25.7 Å². The van der Waals surface area contributed by atoms with Crippen LogP contribution in [0.2, 0.25) is 0 Å². The first kappa shape index (κ1) is 16.0. The molecule has 1 amide bonds. The molecule has 2 fully saturated rings. The smallest absolute Gasteiger partial charge is 0.234 e. The van der Waals surface area contributed by atoms with Crippen LogP contribution in [0.5, 0.6) is 0 Å². The van der Waals surface area contributed by atoms with Crippen LogP contribution in [0.15, 0.2) is 0 Å². The van der Waals surface area contributed by atoms with Gasteiger partial charge in [0.25, 0.3) is 0 Å². The summed E-state index contributed by atoms with van der Waals surface area (Å²) in [6.07, 6.45) is 7.01. The third kappa shape index (κ3) is 2.83. The van der Waals surface area contributed by atoms with Crippen LogP contribution in [0.25, 0.3) is 4.96 Å². The second-order valence-electron chi connectivity index (χ2n) is 7.43. The molecule has 0 aromatic carbocycles. The Kier molecular flexibility index (Phi) is 4.28. The van der Waals surface area contributed by atoms with Gasteiger partial charge in [-0.25, -0.2) is 0 Å². The minimum Gasteiger partial charge on any atom is -0.342 e. The maximum Gasteiger partial charge on any atom is 0.234 e. The summed E-state index contributed by atoms with van der Waals surface area (Å²) in [5.41, 5.74) is 0. The van der Waals surface area contributed by atoms with E-state index in [0.717, 1.165) is 41.7 Å². The number of aromatic nitrogens is 4. The van der Waals surface area contributed by atoms with Crippen molar-refractivity contribution in [1.82, 2.24) is 24.7 Å². The molecule has 2 aromatic heterocycles. The predicted molar refractivity (Wildman–Crippen MR) is 93.3 cm³/mol. The van der Waals surface area contributed by atoms with Gasteiger partial charge in [-0.2, -0.15) is 9.61 Å². The maximum atomic E-state index is 12.1. The first-order valence-corrected chi connectivity index (χ1v) is 9.96. The summed E-state index contributed by atoms with van der Waals surface area (Å²) < 4.78 is 1.99. The lowest BCUT2D eigenvalue weighted by molar-refractivity contribution is -0.135. The fraction of sp³-hybridized carbons (Fsp3) is 0.765. The van der Waals surface area contributed by atoms with Gasteiger partial charge in [-0.3, -0.25) is 4.79 Å². The Hall–Kier alpha value is -1.50. The van der Waals surface area contributed by atoms with Gasteiger partial charge in [-0.15, -0.1) is 10.2 Å². The largest absolute Gasteiger partial charge is 0.342 e. The average molecular weight is 347 g/mol. The van der Waals surface area contributed by atoms with Crippen molar-refractivity contribution in [3.63, 3.8) is 0 Å². The minimum atomic E-state index is 0.0877. The Labute approximate surface area is 146 Å². The SMILES string of the molecule is CC(C)C(=O)N1CCC(c2nn3c(C4CCCC4)nnc3s2)CC1. The second kappa shape index (κ2) is 6.43. The standard InChI is InChI=1S/C17H25N5OS/c1-11(2)16(23)21-9-7-13(8-10-21)15-20-22-14(12-5-3-4-6-12)18-19-17(22)24-15/h11-13H,3-10H2,1-2H3. The van der Waals surface area contributed by atoms with E-state index in [-0.39, 0.29) is 11.8 Å². The number of nitrogens with zero attached hydrogens (tertiary/aromatic N) is 5. The van der Waals surface area contributed by atoms with Gasteiger partial charge in [0, 0.05) is 30.8 Å². The molecule has 2 aliphatic rings. The molecule has 6 nitrogen and oxygen atoms in total. The highest BCUT2D eigenvalue weighted by Gasteiger charge is 2.29. The van der Waals surface area contributed by atoms with E-state index in [2.05, 4.69) is 10.2 Å². The van der Waals surface area contributed by atoms with Crippen molar-refractivity contribution in [3.8, 4) is 0 Å². The monoisotopic (exact) mass is 347 g/mol. The van der Waals surface area contributed by atoms with Crippen molar-refractivity contribution in [1.29, 1.82) is 0 Å². The van der Waals surface area contributed by atoms with Crippen molar-refractivity contribution in [2.24, 2.45) is 5.92 Å². The summed E-state index contributed by atoms with van der Waals surface area (Å²) in [4.78, 5) is 15.1. The number of carbonyl (C=O) groups is 1. The van der Waals surface area contributed by atoms with Crippen molar-refractivity contribution < 1.29 is 4.79 Å². The molecule has 0 bridgehead atoms. The molecular weight excluding hydrogens is 322 g/mol.